The van der Waals surface area contributed by atoms with Gasteiger partial charge in [0.15, 0.2) is 0 Å². The van der Waals surface area contributed by atoms with Crippen LogP contribution in [0, 0.1) is 0 Å². The first kappa shape index (κ1) is 24.2. The van der Waals surface area contributed by atoms with Gasteiger partial charge in [0, 0.05) is 11.8 Å². The van der Waals surface area contributed by atoms with Crippen molar-refractivity contribution in [3.8, 4) is 0 Å². The van der Waals surface area contributed by atoms with Gasteiger partial charge in [0.1, 0.15) is 0 Å². The third-order valence-corrected chi connectivity index (χ3v) is 44.5. The molecule has 1 fully saturated rings. The van der Waals surface area contributed by atoms with E-state index in [0.717, 1.165) is 0 Å². The zero-order valence-corrected chi connectivity index (χ0v) is 23.2. The summed E-state index contributed by atoms with van der Waals surface area (Å²) < 4.78 is 0. The van der Waals surface area contributed by atoms with Gasteiger partial charge >= 0.3 is 0 Å². The summed E-state index contributed by atoms with van der Waals surface area (Å²) in [6.07, 6.45) is 0. The zero-order valence-electron chi connectivity index (χ0n) is 18.0. The summed E-state index contributed by atoms with van der Waals surface area (Å²) >= 11 is 13.3. The van der Waals surface area contributed by atoms with E-state index in [-0.39, 0.29) is 25.5 Å². The van der Waals surface area contributed by atoms with Gasteiger partial charge in [-0.15, -0.1) is 0 Å². The first-order valence-electron chi connectivity index (χ1n) is 8.92. The molecule has 0 aromatic rings. The molecular formula is C18H40P4S2. The fourth-order valence-electron chi connectivity index (χ4n) is 3.26. The van der Waals surface area contributed by atoms with Crippen LogP contribution in [0.4, 0.5) is 0 Å². The minimum atomic E-state index is -1.44. The highest BCUT2D eigenvalue weighted by Gasteiger charge is 2.57. The molecule has 0 saturated carbocycles. The van der Waals surface area contributed by atoms with Crippen LogP contribution in [0.25, 0.3) is 0 Å². The van der Waals surface area contributed by atoms with Crippen LogP contribution in [0.3, 0.4) is 0 Å². The van der Waals surface area contributed by atoms with Gasteiger partial charge in [-0.3, -0.25) is 0 Å². The second-order valence-corrected chi connectivity index (χ2v) is 35.6. The molecule has 1 aliphatic heterocycles. The molecule has 4 atom stereocenters. The average molecular weight is 445 g/mol. The number of hydrogen-bond donors (Lipinski definition) is 0. The molecule has 1 heterocycles. The molecule has 0 aliphatic carbocycles. The maximum absolute atomic E-state index is 6.66. The van der Waals surface area contributed by atoms with Crippen molar-refractivity contribution in [2.75, 3.05) is 11.8 Å². The molecule has 0 bridgehead atoms. The fourth-order valence-corrected chi connectivity index (χ4v) is 54.1. The summed E-state index contributed by atoms with van der Waals surface area (Å²) in [6, 6.07) is 0. The third kappa shape index (κ3) is 4.42. The van der Waals surface area contributed by atoms with E-state index in [1.165, 1.54) is 11.8 Å². The Morgan fingerprint density at radius 3 is 0.875 bits per heavy atom. The molecule has 1 saturated heterocycles. The molecule has 0 aromatic carbocycles. The topological polar surface area (TPSA) is 0 Å². The van der Waals surface area contributed by atoms with Crippen molar-refractivity contribution in [1.29, 1.82) is 0 Å². The maximum atomic E-state index is 6.66. The molecule has 144 valence electrons. The van der Waals surface area contributed by atoms with E-state index in [2.05, 4.69) is 83.1 Å². The molecule has 6 heteroatoms. The quantitative estimate of drug-likeness (QED) is 0.342. The van der Waals surface area contributed by atoms with Gasteiger partial charge in [-0.05, 0) is 32.1 Å². The Morgan fingerprint density at radius 1 is 0.542 bits per heavy atom. The van der Waals surface area contributed by atoms with Crippen LogP contribution >= 0.6 is 26.7 Å². The molecule has 0 nitrogen and oxygen atoms in total. The average Bonchev–Trinajstić information content (AvgIpc) is 2.26. The fraction of sp³-hybridized carbons (Fsp3) is 1.00. The van der Waals surface area contributed by atoms with E-state index in [4.69, 9.17) is 23.6 Å². The van der Waals surface area contributed by atoms with Crippen molar-refractivity contribution in [3.05, 3.63) is 0 Å². The van der Waals surface area contributed by atoms with E-state index in [1.54, 1.807) is 0 Å². The van der Waals surface area contributed by atoms with E-state index < -0.39 is 11.5 Å². The van der Waals surface area contributed by atoms with Gasteiger partial charge in [-0.25, -0.2) is 0 Å². The highest BCUT2D eigenvalue weighted by molar-refractivity contribution is 8.66. The minimum Gasteiger partial charge on any atom is -0.0918 e. The summed E-state index contributed by atoms with van der Waals surface area (Å²) in [6.45, 7) is 29.2. The SMILES string of the molecule is CC(C)(C)[P@@]1C[P@@](=S)(C(C)(C)C)[P@](C(C)(C)C)C[P@@]1(=S)C(C)(C)C. The Balaban J connectivity index is 3.69. The largest absolute Gasteiger partial charge is 0.0918 e. The van der Waals surface area contributed by atoms with Gasteiger partial charge in [0.25, 0.3) is 0 Å². The van der Waals surface area contributed by atoms with Crippen molar-refractivity contribution in [1.82, 2.24) is 0 Å². The second kappa shape index (κ2) is 6.89. The van der Waals surface area contributed by atoms with Crippen molar-refractivity contribution >= 4 is 50.3 Å². The standard InChI is InChI=1S/C18H40P4S2/c1-15(2,3)19-13-22(24,18(10,11)12)20(16(4,5)6)14-21(19,23)17(7,8)9/h13-14H2,1-12H3/t19-,20+,21-,22-/m1/s1. The normalized spacial score (nSPS) is 36.7. The van der Waals surface area contributed by atoms with Gasteiger partial charge < -0.3 is 0 Å². The summed E-state index contributed by atoms with van der Waals surface area (Å²) in [5.41, 5.74) is -2.89. The van der Waals surface area contributed by atoms with Crippen LogP contribution < -0.4 is 0 Å². The van der Waals surface area contributed by atoms with Crippen LogP contribution in [0.2, 0.25) is 0 Å². The van der Waals surface area contributed by atoms with E-state index in [9.17, 15) is 0 Å². The van der Waals surface area contributed by atoms with Crippen LogP contribution in [0.5, 0.6) is 0 Å². The highest BCUT2D eigenvalue weighted by Crippen LogP contribution is 3.03. The molecule has 24 heavy (non-hydrogen) atoms. The van der Waals surface area contributed by atoms with Crippen molar-refractivity contribution < 1.29 is 0 Å². The van der Waals surface area contributed by atoms with Crippen molar-refractivity contribution in [3.63, 3.8) is 0 Å². The van der Waals surface area contributed by atoms with Gasteiger partial charge in [-0.2, -0.15) is 0 Å². The van der Waals surface area contributed by atoms with Crippen molar-refractivity contribution in [2.45, 2.75) is 104 Å². The molecule has 1 rings (SSSR count). The summed E-state index contributed by atoms with van der Waals surface area (Å²) in [5, 5.41) is 1.19. The lowest BCUT2D eigenvalue weighted by Crippen LogP contribution is -2.32. The zero-order chi connectivity index (χ0) is 19.6. The minimum absolute atomic E-state index is 0.185. The van der Waals surface area contributed by atoms with Gasteiger partial charge in [0.05, 0.1) is 0 Å². The molecule has 0 unspecified atom stereocenters. The Bertz CT molecular complexity index is 516. The summed E-state index contributed by atoms with van der Waals surface area (Å²) in [5.74, 6) is 2.62. The third-order valence-electron chi connectivity index (χ3n) is 5.08. The Labute approximate surface area is 165 Å². The summed E-state index contributed by atoms with van der Waals surface area (Å²) in [4.78, 5) is 0. The first-order valence-corrected chi connectivity index (χ1v) is 19.4. The summed E-state index contributed by atoms with van der Waals surface area (Å²) in [7, 11) is -0.370. The number of rotatable bonds is 0. The Kier molecular flexibility index (Phi) is 6.95. The lowest BCUT2D eigenvalue weighted by molar-refractivity contribution is 0.764. The van der Waals surface area contributed by atoms with Gasteiger partial charge in [-0.1, -0.05) is 122 Å². The first-order chi connectivity index (χ1) is 10.2. The van der Waals surface area contributed by atoms with Gasteiger partial charge in [0.2, 0.25) is 0 Å². The second-order valence-electron chi connectivity index (χ2n) is 11.2. The monoisotopic (exact) mass is 444 g/mol. The lowest BCUT2D eigenvalue weighted by Gasteiger charge is -2.60. The lowest BCUT2D eigenvalue weighted by atomic mass is 10.3. The molecule has 0 N–H and O–H groups in total. The van der Waals surface area contributed by atoms with E-state index in [0.29, 0.717) is 10.3 Å². The molecule has 0 spiro atoms. The highest BCUT2D eigenvalue weighted by atomic mass is 32.6. The predicted molar refractivity (Wildman–Crippen MR) is 131 cm³/mol. The van der Waals surface area contributed by atoms with E-state index >= 15 is 0 Å². The molecule has 0 amide bonds. The maximum Gasteiger partial charge on any atom is 0.00620 e. The van der Waals surface area contributed by atoms with Crippen LogP contribution in [0.1, 0.15) is 83.1 Å². The molecular weight excluding hydrogens is 404 g/mol. The van der Waals surface area contributed by atoms with E-state index in [1.807, 2.05) is 0 Å². The number of hydrogen-bond acceptors (Lipinski definition) is 2. The molecule has 0 radical (unpaired) electrons. The Hall–Kier alpha value is 2.16. The predicted octanol–water partition coefficient (Wildman–Crippen LogP) is 8.86. The van der Waals surface area contributed by atoms with Crippen LogP contribution in [-0.2, 0) is 23.6 Å². The van der Waals surface area contributed by atoms with Crippen LogP contribution in [-0.4, -0.2) is 32.4 Å². The smallest absolute Gasteiger partial charge is 0.00620 e. The Morgan fingerprint density at radius 2 is 0.750 bits per heavy atom. The van der Waals surface area contributed by atoms with Crippen molar-refractivity contribution in [2.24, 2.45) is 0 Å². The molecule has 0 aromatic heterocycles. The van der Waals surface area contributed by atoms with Crippen LogP contribution in [0.15, 0.2) is 0 Å². The molecule has 1 aliphatic rings.